The Morgan fingerprint density at radius 3 is 2.57 bits per heavy atom. The summed E-state index contributed by atoms with van der Waals surface area (Å²) in [4.78, 5) is 14.5. The molecule has 0 aliphatic rings. The van der Waals surface area contributed by atoms with Gasteiger partial charge in [0.2, 0.25) is 0 Å². The maximum atomic E-state index is 12.8. The molecule has 21 heavy (non-hydrogen) atoms. The fourth-order valence-corrected chi connectivity index (χ4v) is 2.54. The second kappa shape index (κ2) is 6.97. The monoisotopic (exact) mass is 321 g/mol. The average Bonchev–Trinajstić information content (AvgIpc) is 2.46. The van der Waals surface area contributed by atoms with E-state index in [4.69, 9.17) is 23.2 Å². The second-order valence-corrected chi connectivity index (χ2v) is 5.76. The van der Waals surface area contributed by atoms with Crippen LogP contribution in [0.15, 0.2) is 42.5 Å². The maximum absolute atomic E-state index is 12.8. The summed E-state index contributed by atoms with van der Waals surface area (Å²) in [6, 6.07) is 12.8. The standard InChI is InChI=1S/C17H17Cl2NO/c1-3-9-20(14-6-4-5-12(2)10-14)17(21)15-11-13(18)7-8-16(15)19/h4-8,10-11H,3,9H2,1-2H3. The first-order valence-electron chi connectivity index (χ1n) is 6.86. The zero-order valence-corrected chi connectivity index (χ0v) is 13.6. The van der Waals surface area contributed by atoms with E-state index in [0.717, 1.165) is 17.7 Å². The molecule has 0 unspecified atom stereocenters. The van der Waals surface area contributed by atoms with Gasteiger partial charge in [-0.05, 0) is 49.2 Å². The molecule has 0 bridgehead atoms. The second-order valence-electron chi connectivity index (χ2n) is 4.92. The van der Waals surface area contributed by atoms with Crippen molar-refractivity contribution in [2.24, 2.45) is 0 Å². The minimum Gasteiger partial charge on any atom is -0.308 e. The molecule has 0 aliphatic heterocycles. The van der Waals surface area contributed by atoms with Crippen LogP contribution in [0.2, 0.25) is 10.0 Å². The smallest absolute Gasteiger partial charge is 0.259 e. The van der Waals surface area contributed by atoms with Crippen molar-refractivity contribution in [3.05, 3.63) is 63.6 Å². The van der Waals surface area contributed by atoms with Gasteiger partial charge in [-0.1, -0.05) is 42.3 Å². The fraction of sp³-hybridized carbons (Fsp3) is 0.235. The molecule has 110 valence electrons. The van der Waals surface area contributed by atoms with Crippen molar-refractivity contribution in [3.63, 3.8) is 0 Å². The third-order valence-corrected chi connectivity index (χ3v) is 3.73. The summed E-state index contributed by atoms with van der Waals surface area (Å²) < 4.78 is 0. The van der Waals surface area contributed by atoms with E-state index in [1.807, 2.05) is 38.1 Å². The van der Waals surface area contributed by atoms with Crippen LogP contribution in [0.5, 0.6) is 0 Å². The van der Waals surface area contributed by atoms with E-state index >= 15 is 0 Å². The third-order valence-electron chi connectivity index (χ3n) is 3.16. The number of carbonyl (C=O) groups excluding carboxylic acids is 1. The Bertz CT molecular complexity index is 655. The van der Waals surface area contributed by atoms with Crippen molar-refractivity contribution in [2.45, 2.75) is 20.3 Å². The van der Waals surface area contributed by atoms with E-state index in [1.54, 1.807) is 23.1 Å². The number of carbonyl (C=O) groups is 1. The number of hydrogen-bond acceptors (Lipinski definition) is 1. The highest BCUT2D eigenvalue weighted by molar-refractivity contribution is 6.36. The maximum Gasteiger partial charge on any atom is 0.259 e. The summed E-state index contributed by atoms with van der Waals surface area (Å²) in [5, 5.41) is 0.918. The van der Waals surface area contributed by atoms with Crippen LogP contribution in [0.4, 0.5) is 5.69 Å². The summed E-state index contributed by atoms with van der Waals surface area (Å²) in [5.41, 5.74) is 2.41. The molecule has 2 aromatic rings. The number of aryl methyl sites for hydroxylation is 1. The molecule has 0 fully saturated rings. The zero-order valence-electron chi connectivity index (χ0n) is 12.1. The van der Waals surface area contributed by atoms with Crippen LogP contribution in [0.3, 0.4) is 0 Å². The molecule has 2 aromatic carbocycles. The molecule has 2 nitrogen and oxygen atoms in total. The summed E-state index contributed by atoms with van der Waals surface area (Å²) in [5.74, 6) is -0.130. The molecular weight excluding hydrogens is 305 g/mol. The predicted molar refractivity (Wildman–Crippen MR) is 89.6 cm³/mol. The number of halogens is 2. The molecule has 0 N–H and O–H groups in total. The van der Waals surface area contributed by atoms with Crippen LogP contribution >= 0.6 is 23.2 Å². The molecular formula is C17H17Cl2NO. The molecule has 0 heterocycles. The van der Waals surface area contributed by atoms with Gasteiger partial charge in [-0.3, -0.25) is 4.79 Å². The van der Waals surface area contributed by atoms with Gasteiger partial charge in [0.05, 0.1) is 10.6 Å². The van der Waals surface area contributed by atoms with Crippen LogP contribution in [-0.4, -0.2) is 12.5 Å². The first kappa shape index (κ1) is 15.9. The molecule has 0 radical (unpaired) electrons. The minimum atomic E-state index is -0.130. The third kappa shape index (κ3) is 3.78. The normalized spacial score (nSPS) is 10.5. The largest absolute Gasteiger partial charge is 0.308 e. The van der Waals surface area contributed by atoms with E-state index < -0.39 is 0 Å². The number of hydrogen-bond donors (Lipinski definition) is 0. The zero-order chi connectivity index (χ0) is 15.4. The molecule has 0 aliphatic carbocycles. The number of benzene rings is 2. The van der Waals surface area contributed by atoms with E-state index in [0.29, 0.717) is 22.2 Å². The molecule has 0 atom stereocenters. The highest BCUT2D eigenvalue weighted by Crippen LogP contribution is 2.25. The van der Waals surface area contributed by atoms with Gasteiger partial charge in [-0.15, -0.1) is 0 Å². The lowest BCUT2D eigenvalue weighted by Gasteiger charge is -2.23. The van der Waals surface area contributed by atoms with Gasteiger partial charge in [-0.2, -0.15) is 0 Å². The summed E-state index contributed by atoms with van der Waals surface area (Å²) >= 11 is 12.1. The molecule has 0 saturated carbocycles. The molecule has 0 spiro atoms. The van der Waals surface area contributed by atoms with E-state index in [1.165, 1.54) is 0 Å². The first-order chi connectivity index (χ1) is 10.0. The van der Waals surface area contributed by atoms with Crippen LogP contribution in [-0.2, 0) is 0 Å². The molecule has 2 rings (SSSR count). The van der Waals surface area contributed by atoms with Gasteiger partial charge in [-0.25, -0.2) is 0 Å². The van der Waals surface area contributed by atoms with Crippen LogP contribution in [0, 0.1) is 6.92 Å². The summed E-state index contributed by atoms with van der Waals surface area (Å²) in [6.07, 6.45) is 0.859. The molecule has 1 amide bonds. The minimum absolute atomic E-state index is 0.130. The van der Waals surface area contributed by atoms with Crippen molar-refractivity contribution in [1.29, 1.82) is 0 Å². The topological polar surface area (TPSA) is 20.3 Å². The quantitative estimate of drug-likeness (QED) is 0.742. The SMILES string of the molecule is CCCN(C(=O)c1cc(Cl)ccc1Cl)c1cccc(C)c1. The molecule has 0 saturated heterocycles. The van der Waals surface area contributed by atoms with E-state index in [2.05, 4.69) is 0 Å². The average molecular weight is 322 g/mol. The first-order valence-corrected chi connectivity index (χ1v) is 7.62. The lowest BCUT2D eigenvalue weighted by molar-refractivity contribution is 0.0987. The lowest BCUT2D eigenvalue weighted by Crippen LogP contribution is -2.32. The Balaban J connectivity index is 2.42. The lowest BCUT2D eigenvalue weighted by atomic mass is 10.1. The Kier molecular flexibility index (Phi) is 5.27. The van der Waals surface area contributed by atoms with Gasteiger partial charge in [0, 0.05) is 17.3 Å². The van der Waals surface area contributed by atoms with Gasteiger partial charge in [0.25, 0.3) is 5.91 Å². The van der Waals surface area contributed by atoms with Gasteiger partial charge in [0.1, 0.15) is 0 Å². The van der Waals surface area contributed by atoms with Crippen LogP contribution in [0.25, 0.3) is 0 Å². The summed E-state index contributed by atoms with van der Waals surface area (Å²) in [6.45, 7) is 4.67. The fourth-order valence-electron chi connectivity index (χ4n) is 2.17. The number of anilines is 1. The van der Waals surface area contributed by atoms with Crippen molar-refractivity contribution in [1.82, 2.24) is 0 Å². The Hall–Kier alpha value is -1.51. The molecule has 0 aromatic heterocycles. The summed E-state index contributed by atoms with van der Waals surface area (Å²) in [7, 11) is 0. The Morgan fingerprint density at radius 2 is 1.90 bits per heavy atom. The van der Waals surface area contributed by atoms with Gasteiger partial charge < -0.3 is 4.90 Å². The van der Waals surface area contributed by atoms with Crippen molar-refractivity contribution in [3.8, 4) is 0 Å². The van der Waals surface area contributed by atoms with E-state index in [-0.39, 0.29) is 5.91 Å². The highest BCUT2D eigenvalue weighted by Gasteiger charge is 2.19. The number of nitrogens with zero attached hydrogens (tertiary/aromatic N) is 1. The highest BCUT2D eigenvalue weighted by atomic mass is 35.5. The Labute approximate surface area is 135 Å². The molecule has 4 heteroatoms. The van der Waals surface area contributed by atoms with Crippen molar-refractivity contribution in [2.75, 3.05) is 11.4 Å². The number of amides is 1. The van der Waals surface area contributed by atoms with Gasteiger partial charge in [0.15, 0.2) is 0 Å². The predicted octanol–water partition coefficient (Wildman–Crippen LogP) is 5.36. The van der Waals surface area contributed by atoms with Crippen molar-refractivity contribution < 1.29 is 4.79 Å². The Morgan fingerprint density at radius 1 is 1.14 bits per heavy atom. The van der Waals surface area contributed by atoms with Gasteiger partial charge >= 0.3 is 0 Å². The number of rotatable bonds is 4. The van der Waals surface area contributed by atoms with Crippen molar-refractivity contribution >= 4 is 34.8 Å². The van der Waals surface area contributed by atoms with Crippen LogP contribution in [0.1, 0.15) is 29.3 Å². The van der Waals surface area contributed by atoms with Crippen LogP contribution < -0.4 is 4.90 Å². The van der Waals surface area contributed by atoms with E-state index in [9.17, 15) is 4.79 Å².